The van der Waals surface area contributed by atoms with Crippen molar-refractivity contribution in [2.24, 2.45) is 0 Å². The molecule has 0 amide bonds. The highest BCUT2D eigenvalue weighted by Crippen LogP contribution is 2.46. The Hall–Kier alpha value is -10.8. The third-order valence-electron chi connectivity index (χ3n) is 21.0. The summed E-state index contributed by atoms with van der Waals surface area (Å²) in [4.78, 5) is 53.4. The standard InChI is InChI=1S/C13H13N3.C13H11N3.2C12H13N3O.2C12H11N3O/c2*1-2-6-15-11(3-1)9-16-12-4-5-14-8-10(12)7-13(15)16;4*1-2-13-6-9-5-12-14-3-4-16-8-10(14)7-15(12)11(1)9/h2,4-6,8-9,13H,1,3,7H2;1-6,8-9,13H,7H2;2*1-2,6-7,12H,3-5,8H2;2*1-4,6-7,12H,5,8H2. The number of hydrogen-bond acceptors (Lipinski definition) is 22. The lowest BCUT2D eigenvalue weighted by Crippen LogP contribution is -2.42. The number of fused-ring (bicyclic) bond motifs is 30. The number of hydrogen-bond donors (Lipinski definition) is 0. The molecular weight excluding hydrogens is 1200 g/mol. The number of allylic oxidation sites excluding steroid dienone is 5. The molecule has 6 atom stereocenters. The first kappa shape index (κ1) is 56.7. The molecule has 24 heterocycles. The van der Waals surface area contributed by atoms with E-state index in [9.17, 15) is 0 Å². The zero-order chi connectivity index (χ0) is 63.2. The summed E-state index contributed by atoms with van der Waals surface area (Å²) in [6.07, 6.45) is 68.2. The zero-order valence-corrected chi connectivity index (χ0v) is 53.1. The molecule has 96 heavy (non-hydrogen) atoms. The molecule has 6 aromatic rings. The monoisotopic (exact) mass is 1280 g/mol. The molecular formula is C74H72N18O4. The lowest BCUT2D eigenvalue weighted by molar-refractivity contribution is 0.0648. The van der Waals surface area contributed by atoms with Crippen LogP contribution in [0.25, 0.3) is 0 Å². The largest absolute Gasteiger partial charge is 0.493 e. The molecule has 24 rings (SSSR count). The Kier molecular flexibility index (Phi) is 13.9. The Morgan fingerprint density at radius 2 is 0.698 bits per heavy atom. The first-order valence-electron chi connectivity index (χ1n) is 33.5. The lowest BCUT2D eigenvalue weighted by Gasteiger charge is -2.32. The maximum Gasteiger partial charge on any atom is 0.129 e. The van der Waals surface area contributed by atoms with Crippen LogP contribution in [0.15, 0.2) is 244 Å². The van der Waals surface area contributed by atoms with E-state index in [0.717, 1.165) is 78.0 Å². The third-order valence-corrected chi connectivity index (χ3v) is 21.0. The summed E-state index contributed by atoms with van der Waals surface area (Å²) in [6, 6.07) is 12.6. The molecule has 22 heteroatoms. The van der Waals surface area contributed by atoms with Crippen molar-refractivity contribution in [3.8, 4) is 0 Å². The Labute approximate surface area is 557 Å². The molecule has 6 aromatic heterocycles. The van der Waals surface area contributed by atoms with Gasteiger partial charge in [0.15, 0.2) is 0 Å². The number of pyridine rings is 6. The minimum Gasteiger partial charge on any atom is -0.493 e. The van der Waals surface area contributed by atoms with Gasteiger partial charge in [-0.2, -0.15) is 0 Å². The number of aromatic nitrogens is 6. The van der Waals surface area contributed by atoms with E-state index < -0.39 is 0 Å². The van der Waals surface area contributed by atoms with Crippen LogP contribution in [0.4, 0.5) is 34.1 Å². The van der Waals surface area contributed by atoms with Gasteiger partial charge in [0, 0.05) is 228 Å². The normalized spacial score (nSPS) is 25.2. The van der Waals surface area contributed by atoms with E-state index in [1.807, 2.05) is 86.8 Å². The highest BCUT2D eigenvalue weighted by Gasteiger charge is 2.45. The predicted octanol–water partition coefficient (Wildman–Crippen LogP) is 9.02. The maximum absolute atomic E-state index is 5.49. The molecule has 0 saturated carbocycles. The fourth-order valence-corrected chi connectivity index (χ4v) is 16.6. The van der Waals surface area contributed by atoms with Crippen molar-refractivity contribution in [3.05, 3.63) is 277 Å². The van der Waals surface area contributed by atoms with Crippen LogP contribution in [0.5, 0.6) is 0 Å². The molecule has 0 spiro atoms. The van der Waals surface area contributed by atoms with Crippen molar-refractivity contribution >= 4 is 34.1 Å². The molecule has 0 bridgehead atoms. The van der Waals surface area contributed by atoms with E-state index in [0.29, 0.717) is 50.2 Å². The van der Waals surface area contributed by atoms with E-state index in [-0.39, 0.29) is 0 Å². The quantitative estimate of drug-likeness (QED) is 0.142. The minimum atomic E-state index is 0.384. The van der Waals surface area contributed by atoms with Gasteiger partial charge in [-0.3, -0.25) is 29.9 Å². The van der Waals surface area contributed by atoms with Crippen molar-refractivity contribution in [3.63, 3.8) is 0 Å². The molecule has 0 radical (unpaired) electrons. The summed E-state index contributed by atoms with van der Waals surface area (Å²) < 4.78 is 21.6. The fraction of sp³-hybridized carbons (Fsp3) is 0.297. The second kappa shape index (κ2) is 23.6. The number of morpholine rings is 2. The van der Waals surface area contributed by atoms with E-state index >= 15 is 0 Å². The summed E-state index contributed by atoms with van der Waals surface area (Å²) >= 11 is 0. The van der Waals surface area contributed by atoms with E-state index in [4.69, 9.17) is 18.9 Å². The second-order valence-corrected chi connectivity index (χ2v) is 26.2. The van der Waals surface area contributed by atoms with Gasteiger partial charge in [0.2, 0.25) is 0 Å². The number of anilines is 6. The van der Waals surface area contributed by atoms with Crippen molar-refractivity contribution in [1.82, 2.24) is 59.3 Å². The van der Waals surface area contributed by atoms with Gasteiger partial charge in [0.1, 0.15) is 50.2 Å². The van der Waals surface area contributed by atoms with E-state index in [1.54, 1.807) is 12.5 Å². The molecule has 22 nitrogen and oxygen atoms in total. The first-order valence-corrected chi connectivity index (χ1v) is 33.5. The summed E-state index contributed by atoms with van der Waals surface area (Å²) in [7, 11) is 0. The van der Waals surface area contributed by atoms with Gasteiger partial charge >= 0.3 is 0 Å². The highest BCUT2D eigenvalue weighted by atomic mass is 16.5. The Morgan fingerprint density at radius 1 is 0.333 bits per heavy atom. The third kappa shape index (κ3) is 9.65. The number of ether oxygens (including phenoxy) is 4. The molecule has 0 aliphatic carbocycles. The summed E-state index contributed by atoms with van der Waals surface area (Å²) in [5.41, 5.74) is 23.7. The molecule has 0 aromatic carbocycles. The molecule has 2 fully saturated rings. The van der Waals surface area contributed by atoms with Crippen LogP contribution in [0.3, 0.4) is 0 Å². The van der Waals surface area contributed by atoms with Crippen LogP contribution in [0.2, 0.25) is 0 Å². The Morgan fingerprint density at radius 3 is 1.14 bits per heavy atom. The van der Waals surface area contributed by atoms with Crippen LogP contribution >= 0.6 is 0 Å². The van der Waals surface area contributed by atoms with E-state index in [1.165, 1.54) is 115 Å². The van der Waals surface area contributed by atoms with Gasteiger partial charge in [-0.05, 0) is 94.8 Å². The molecule has 18 aliphatic heterocycles. The fourth-order valence-electron chi connectivity index (χ4n) is 16.6. The highest BCUT2D eigenvalue weighted by molar-refractivity contribution is 5.68. The van der Waals surface area contributed by atoms with Gasteiger partial charge < -0.3 is 77.7 Å². The van der Waals surface area contributed by atoms with Gasteiger partial charge in [-0.25, -0.2) is 0 Å². The summed E-state index contributed by atoms with van der Waals surface area (Å²) in [5.74, 6) is 0. The molecule has 6 unspecified atom stereocenters. The predicted molar refractivity (Wildman–Crippen MR) is 363 cm³/mol. The second-order valence-electron chi connectivity index (χ2n) is 26.2. The van der Waals surface area contributed by atoms with Gasteiger partial charge in [0.05, 0.1) is 67.4 Å². The summed E-state index contributed by atoms with van der Waals surface area (Å²) in [5, 5.41) is 0. The van der Waals surface area contributed by atoms with Crippen molar-refractivity contribution in [2.75, 3.05) is 82.1 Å². The van der Waals surface area contributed by atoms with Crippen LogP contribution in [0, 0.1) is 0 Å². The molecule has 0 N–H and O–H groups in total. The number of nitrogens with zero attached hydrogens (tertiary/aromatic N) is 18. The summed E-state index contributed by atoms with van der Waals surface area (Å²) in [6.45, 7) is 6.56. The molecule has 2 saturated heterocycles. The van der Waals surface area contributed by atoms with Gasteiger partial charge in [0.25, 0.3) is 0 Å². The van der Waals surface area contributed by atoms with Crippen LogP contribution in [-0.4, -0.2) is 149 Å². The molecule has 18 aliphatic rings. The SMILES string of the molecule is C1=C2COCCN2C2Cc3cnccc3N12.C1=C2COCCN2C2Cc3cnccc3N12.C1=CC2=CN3c4ccncc4CC3N2C=C1.C1=CN2C(=CN3c4ccncc4CC23)CC1.C1=CN2C(=CN3c4ccncc4CC23)CO1.C1=CN2C(=CN3c4ccncc4CC23)CO1. The Bertz CT molecular complexity index is 4130. The van der Waals surface area contributed by atoms with Gasteiger partial charge in [-0.1, -0.05) is 12.2 Å². The van der Waals surface area contributed by atoms with Crippen LogP contribution in [0.1, 0.15) is 46.2 Å². The van der Waals surface area contributed by atoms with E-state index in [2.05, 4.69) is 199 Å². The van der Waals surface area contributed by atoms with Gasteiger partial charge in [-0.15, -0.1) is 0 Å². The lowest BCUT2D eigenvalue weighted by atomic mass is 10.1. The van der Waals surface area contributed by atoms with Crippen LogP contribution in [-0.2, 0) is 57.5 Å². The smallest absolute Gasteiger partial charge is 0.129 e. The van der Waals surface area contributed by atoms with Crippen LogP contribution < -0.4 is 29.4 Å². The number of rotatable bonds is 0. The van der Waals surface area contributed by atoms with Crippen molar-refractivity contribution < 1.29 is 18.9 Å². The van der Waals surface area contributed by atoms with Crippen molar-refractivity contribution in [2.45, 2.75) is 88.4 Å². The first-order chi connectivity index (χ1) is 47.6. The zero-order valence-electron chi connectivity index (χ0n) is 53.1. The minimum absolute atomic E-state index is 0.384. The Balaban J connectivity index is 0.0000000812. The average molecular weight is 1280 g/mol. The molecule has 482 valence electrons. The topological polar surface area (TPSA) is 153 Å². The average Bonchev–Trinajstić information content (AvgIpc) is 1.67. The van der Waals surface area contributed by atoms with Crippen molar-refractivity contribution in [1.29, 1.82) is 0 Å². The maximum atomic E-state index is 5.49.